The molecule has 98 valence electrons. The van der Waals surface area contributed by atoms with Crippen LogP contribution in [0, 0.1) is 11.7 Å². The Balaban J connectivity index is 2.12. The molecule has 0 amide bonds. The minimum absolute atomic E-state index is 0.0242. The van der Waals surface area contributed by atoms with Crippen LogP contribution in [0.25, 0.3) is 0 Å². The molecule has 0 bridgehead atoms. The van der Waals surface area contributed by atoms with Gasteiger partial charge in [-0.1, -0.05) is 0 Å². The molecule has 1 fully saturated rings. The molecule has 0 radical (unpaired) electrons. The first-order chi connectivity index (χ1) is 8.61. The Labute approximate surface area is 105 Å². The summed E-state index contributed by atoms with van der Waals surface area (Å²) in [5, 5.41) is 8.78. The van der Waals surface area contributed by atoms with E-state index in [0.717, 1.165) is 25.6 Å². The Kier molecular flexibility index (Phi) is 3.81. The van der Waals surface area contributed by atoms with Gasteiger partial charge in [-0.25, -0.2) is 9.18 Å². The van der Waals surface area contributed by atoms with Crippen molar-refractivity contribution in [2.45, 2.75) is 6.42 Å². The van der Waals surface area contributed by atoms with Crippen molar-refractivity contribution in [1.82, 2.24) is 0 Å². The monoisotopic (exact) mass is 253 g/mol. The number of methoxy groups -OCH3 is 1. The van der Waals surface area contributed by atoms with Gasteiger partial charge in [0, 0.05) is 26.1 Å². The zero-order valence-corrected chi connectivity index (χ0v) is 10.2. The third-order valence-corrected chi connectivity index (χ3v) is 3.22. The van der Waals surface area contributed by atoms with Crippen LogP contribution in [0.3, 0.4) is 0 Å². The molecular weight excluding hydrogens is 237 g/mol. The first-order valence-corrected chi connectivity index (χ1v) is 5.88. The van der Waals surface area contributed by atoms with E-state index in [2.05, 4.69) is 0 Å². The molecule has 1 unspecified atom stereocenters. The van der Waals surface area contributed by atoms with Crippen molar-refractivity contribution in [1.29, 1.82) is 0 Å². The lowest BCUT2D eigenvalue weighted by Gasteiger charge is -2.19. The van der Waals surface area contributed by atoms with E-state index in [0.29, 0.717) is 18.2 Å². The van der Waals surface area contributed by atoms with Crippen LogP contribution in [-0.2, 0) is 4.74 Å². The maximum atomic E-state index is 13.8. The summed E-state index contributed by atoms with van der Waals surface area (Å²) in [5.41, 5.74) is 0.447. The second kappa shape index (κ2) is 5.35. The summed E-state index contributed by atoms with van der Waals surface area (Å²) >= 11 is 0. The Morgan fingerprint density at radius 1 is 1.61 bits per heavy atom. The summed E-state index contributed by atoms with van der Waals surface area (Å²) in [7, 11) is 1.66. The molecule has 0 spiro atoms. The number of carboxylic acid groups (broad SMARTS) is 1. The minimum Gasteiger partial charge on any atom is -0.478 e. The number of carbonyl (C=O) groups is 1. The smallest absolute Gasteiger partial charge is 0.335 e. The lowest BCUT2D eigenvalue weighted by atomic mass is 10.1. The summed E-state index contributed by atoms with van der Waals surface area (Å²) < 4.78 is 18.9. The molecule has 1 heterocycles. The number of ether oxygens (including phenoxy) is 1. The number of hydrogen-bond donors (Lipinski definition) is 1. The van der Waals surface area contributed by atoms with Crippen molar-refractivity contribution in [2.75, 3.05) is 31.7 Å². The summed E-state index contributed by atoms with van der Waals surface area (Å²) in [6.45, 7) is 2.19. The molecule has 1 N–H and O–H groups in total. The molecular formula is C13H16FNO3. The summed E-state index contributed by atoms with van der Waals surface area (Å²) in [6.07, 6.45) is 0.966. The number of hydrogen-bond acceptors (Lipinski definition) is 3. The fourth-order valence-electron chi connectivity index (χ4n) is 2.32. The normalized spacial score (nSPS) is 19.2. The van der Waals surface area contributed by atoms with Gasteiger partial charge in [0.25, 0.3) is 0 Å². The number of halogens is 1. The van der Waals surface area contributed by atoms with Crippen molar-refractivity contribution < 1.29 is 19.0 Å². The van der Waals surface area contributed by atoms with Crippen molar-refractivity contribution in [3.63, 3.8) is 0 Å². The molecule has 1 saturated heterocycles. The van der Waals surface area contributed by atoms with Crippen molar-refractivity contribution in [2.24, 2.45) is 5.92 Å². The maximum Gasteiger partial charge on any atom is 0.335 e. The third-order valence-electron chi connectivity index (χ3n) is 3.22. The van der Waals surface area contributed by atoms with Crippen LogP contribution in [0.4, 0.5) is 10.1 Å². The van der Waals surface area contributed by atoms with Gasteiger partial charge in [0.1, 0.15) is 5.82 Å². The Hall–Kier alpha value is -1.62. The molecule has 1 aromatic carbocycles. The van der Waals surface area contributed by atoms with Crippen LogP contribution in [0.15, 0.2) is 18.2 Å². The molecule has 18 heavy (non-hydrogen) atoms. The average Bonchev–Trinajstić information content (AvgIpc) is 2.77. The largest absolute Gasteiger partial charge is 0.478 e. The van der Waals surface area contributed by atoms with Crippen LogP contribution in [0.2, 0.25) is 0 Å². The van der Waals surface area contributed by atoms with Crippen molar-refractivity contribution >= 4 is 11.7 Å². The zero-order valence-electron chi connectivity index (χ0n) is 10.2. The highest BCUT2D eigenvalue weighted by molar-refractivity contribution is 5.88. The van der Waals surface area contributed by atoms with Gasteiger partial charge in [-0.2, -0.15) is 0 Å². The third kappa shape index (κ3) is 2.61. The zero-order chi connectivity index (χ0) is 13.1. The highest BCUT2D eigenvalue weighted by atomic mass is 19.1. The summed E-state index contributed by atoms with van der Waals surface area (Å²) in [6, 6.07) is 4.04. The molecule has 4 nitrogen and oxygen atoms in total. The molecule has 0 aliphatic carbocycles. The van der Waals surface area contributed by atoms with Gasteiger partial charge in [0.15, 0.2) is 0 Å². The molecule has 1 atom stereocenters. The predicted octanol–water partition coefficient (Wildman–Crippen LogP) is 2.00. The van der Waals surface area contributed by atoms with E-state index in [1.54, 1.807) is 7.11 Å². The second-order valence-corrected chi connectivity index (χ2v) is 4.53. The van der Waals surface area contributed by atoms with Gasteiger partial charge in [-0.3, -0.25) is 0 Å². The number of aromatic carboxylic acids is 1. The van der Waals surface area contributed by atoms with Crippen LogP contribution in [-0.4, -0.2) is 37.9 Å². The van der Waals surface area contributed by atoms with E-state index in [1.807, 2.05) is 4.90 Å². The topological polar surface area (TPSA) is 49.8 Å². The van der Waals surface area contributed by atoms with Crippen molar-refractivity contribution in [3.05, 3.63) is 29.6 Å². The molecule has 2 rings (SSSR count). The molecule has 1 aliphatic rings. The molecule has 1 aliphatic heterocycles. The fourth-order valence-corrected chi connectivity index (χ4v) is 2.32. The van der Waals surface area contributed by atoms with Gasteiger partial charge in [-0.15, -0.1) is 0 Å². The van der Waals surface area contributed by atoms with E-state index in [9.17, 15) is 9.18 Å². The molecule has 0 saturated carbocycles. The van der Waals surface area contributed by atoms with E-state index in [1.165, 1.54) is 12.1 Å². The SMILES string of the molecule is COCC1CCN(c2ccc(C(=O)O)cc2F)C1. The second-order valence-electron chi connectivity index (χ2n) is 4.53. The van der Waals surface area contributed by atoms with Gasteiger partial charge in [-0.05, 0) is 24.6 Å². The number of anilines is 1. The molecule has 5 heteroatoms. The summed E-state index contributed by atoms with van der Waals surface area (Å²) in [5.74, 6) is -1.18. The van der Waals surface area contributed by atoms with Gasteiger partial charge in [0.2, 0.25) is 0 Å². The molecule has 1 aromatic rings. The highest BCUT2D eigenvalue weighted by Gasteiger charge is 2.24. The van der Waals surface area contributed by atoms with Crippen LogP contribution in [0.5, 0.6) is 0 Å². The standard InChI is InChI=1S/C13H16FNO3/c1-18-8-9-4-5-15(7-9)12-3-2-10(13(16)17)6-11(12)14/h2-3,6,9H,4-5,7-8H2,1H3,(H,16,17). The van der Waals surface area contributed by atoms with Gasteiger partial charge in [0.05, 0.1) is 17.9 Å². The van der Waals surface area contributed by atoms with Crippen LogP contribution < -0.4 is 4.90 Å². The molecule has 0 aromatic heterocycles. The van der Waals surface area contributed by atoms with Crippen LogP contribution in [0.1, 0.15) is 16.8 Å². The lowest BCUT2D eigenvalue weighted by Crippen LogP contribution is -2.22. The van der Waals surface area contributed by atoms with Crippen molar-refractivity contribution in [3.8, 4) is 0 Å². The number of carboxylic acids is 1. The van der Waals surface area contributed by atoms with Crippen LogP contribution >= 0.6 is 0 Å². The fraction of sp³-hybridized carbons (Fsp3) is 0.462. The lowest BCUT2D eigenvalue weighted by molar-refractivity contribution is 0.0696. The number of nitrogens with zero attached hydrogens (tertiary/aromatic N) is 1. The predicted molar refractivity (Wildman–Crippen MR) is 65.6 cm³/mol. The Bertz CT molecular complexity index is 450. The Morgan fingerprint density at radius 2 is 2.39 bits per heavy atom. The van der Waals surface area contributed by atoms with E-state index >= 15 is 0 Å². The average molecular weight is 253 g/mol. The first kappa shape index (κ1) is 12.8. The summed E-state index contributed by atoms with van der Waals surface area (Å²) in [4.78, 5) is 12.7. The number of rotatable bonds is 4. The van der Waals surface area contributed by atoms with E-state index in [4.69, 9.17) is 9.84 Å². The number of benzene rings is 1. The quantitative estimate of drug-likeness (QED) is 0.891. The maximum absolute atomic E-state index is 13.8. The van der Waals surface area contributed by atoms with E-state index < -0.39 is 11.8 Å². The first-order valence-electron chi connectivity index (χ1n) is 5.88. The van der Waals surface area contributed by atoms with Gasteiger partial charge < -0.3 is 14.7 Å². The highest BCUT2D eigenvalue weighted by Crippen LogP contribution is 2.27. The van der Waals surface area contributed by atoms with E-state index in [-0.39, 0.29) is 5.56 Å². The van der Waals surface area contributed by atoms with Gasteiger partial charge >= 0.3 is 5.97 Å². The minimum atomic E-state index is -1.11. The Morgan fingerprint density at radius 3 is 3.00 bits per heavy atom.